The van der Waals surface area contributed by atoms with E-state index in [1.807, 2.05) is 4.57 Å². The number of nitrogens with zero attached hydrogens (tertiary/aromatic N) is 3. The standard InChI is InChI=1S/C24H25ClN6O4S/c25-21-14-20-22(23(26)29-21)28-16-31(20)12-4-5-13-35-24(32)27-15-17-8-10-18(11-9-17)30-36(33,34)19-6-2-1-3-7-19/h1-3,6-11,14,16,30H,4-5,12-13,15H2,(H2,26,29)(H,27,32). The van der Waals surface area contributed by atoms with Gasteiger partial charge < -0.3 is 20.4 Å². The van der Waals surface area contributed by atoms with Crippen molar-refractivity contribution in [2.24, 2.45) is 0 Å². The van der Waals surface area contributed by atoms with Gasteiger partial charge in [0.05, 0.1) is 23.3 Å². The first-order chi connectivity index (χ1) is 17.3. The molecular weight excluding hydrogens is 504 g/mol. The maximum atomic E-state index is 12.4. The number of ether oxygens (including phenoxy) is 1. The number of benzene rings is 2. The fourth-order valence-electron chi connectivity index (χ4n) is 3.51. The molecule has 0 bridgehead atoms. The number of nitrogen functional groups attached to an aromatic ring is 1. The number of imidazole rings is 1. The zero-order valence-electron chi connectivity index (χ0n) is 19.2. The van der Waals surface area contributed by atoms with Gasteiger partial charge in [-0.1, -0.05) is 41.9 Å². The van der Waals surface area contributed by atoms with Crippen molar-refractivity contribution in [3.63, 3.8) is 0 Å². The van der Waals surface area contributed by atoms with Crippen LogP contribution in [0, 0.1) is 0 Å². The summed E-state index contributed by atoms with van der Waals surface area (Å²) >= 11 is 5.98. The highest BCUT2D eigenvalue weighted by molar-refractivity contribution is 7.92. The number of carbonyl (C=O) groups excluding carboxylic acids is 1. The molecule has 188 valence electrons. The van der Waals surface area contributed by atoms with Crippen molar-refractivity contribution < 1.29 is 17.9 Å². The lowest BCUT2D eigenvalue weighted by Gasteiger charge is -2.10. The lowest BCUT2D eigenvalue weighted by atomic mass is 10.2. The number of unbranched alkanes of at least 4 members (excludes halogenated alkanes) is 1. The van der Waals surface area contributed by atoms with Crippen molar-refractivity contribution in [3.8, 4) is 0 Å². The summed E-state index contributed by atoms with van der Waals surface area (Å²) in [6, 6.07) is 16.6. The minimum atomic E-state index is -3.66. The van der Waals surface area contributed by atoms with Crippen molar-refractivity contribution in [2.45, 2.75) is 30.8 Å². The molecular formula is C24H25ClN6O4S. The number of amides is 1. The van der Waals surface area contributed by atoms with E-state index in [0.717, 1.165) is 17.5 Å². The molecule has 12 heteroatoms. The van der Waals surface area contributed by atoms with Crippen LogP contribution in [0.15, 0.2) is 71.9 Å². The summed E-state index contributed by atoms with van der Waals surface area (Å²) in [4.78, 5) is 20.4. The van der Waals surface area contributed by atoms with Crippen LogP contribution in [0.2, 0.25) is 5.15 Å². The average Bonchev–Trinajstić information content (AvgIpc) is 3.27. The normalized spacial score (nSPS) is 11.4. The van der Waals surface area contributed by atoms with Gasteiger partial charge in [0.2, 0.25) is 0 Å². The molecule has 4 aromatic rings. The van der Waals surface area contributed by atoms with Gasteiger partial charge in [-0.3, -0.25) is 4.72 Å². The van der Waals surface area contributed by atoms with Gasteiger partial charge in [-0.15, -0.1) is 0 Å². The van der Waals surface area contributed by atoms with E-state index in [1.54, 1.807) is 54.9 Å². The Morgan fingerprint density at radius 3 is 2.58 bits per heavy atom. The summed E-state index contributed by atoms with van der Waals surface area (Å²) in [6.07, 6.45) is 2.59. The molecule has 0 atom stereocenters. The summed E-state index contributed by atoms with van der Waals surface area (Å²) in [6.45, 7) is 1.19. The second kappa shape index (κ2) is 11.3. The molecule has 2 aromatic carbocycles. The predicted octanol–water partition coefficient (Wildman–Crippen LogP) is 4.17. The topological polar surface area (TPSA) is 141 Å². The molecule has 0 radical (unpaired) electrons. The Kier molecular flexibility index (Phi) is 7.91. The van der Waals surface area contributed by atoms with E-state index < -0.39 is 16.1 Å². The van der Waals surface area contributed by atoms with Gasteiger partial charge in [0.25, 0.3) is 10.0 Å². The van der Waals surface area contributed by atoms with Gasteiger partial charge in [0.1, 0.15) is 10.7 Å². The van der Waals surface area contributed by atoms with Crippen molar-refractivity contribution in [1.82, 2.24) is 19.9 Å². The molecule has 2 aromatic heterocycles. The van der Waals surface area contributed by atoms with Gasteiger partial charge in [-0.05, 0) is 42.7 Å². The van der Waals surface area contributed by atoms with Crippen LogP contribution in [-0.4, -0.2) is 35.7 Å². The minimum Gasteiger partial charge on any atom is -0.450 e. The molecule has 0 saturated heterocycles. The maximum Gasteiger partial charge on any atom is 0.407 e. The number of halogens is 1. The van der Waals surface area contributed by atoms with E-state index >= 15 is 0 Å². The highest BCUT2D eigenvalue weighted by Gasteiger charge is 2.13. The number of carbonyl (C=O) groups is 1. The number of alkyl carbamates (subject to hydrolysis) is 1. The lowest BCUT2D eigenvalue weighted by molar-refractivity contribution is 0.143. The molecule has 0 aliphatic carbocycles. The van der Waals surface area contributed by atoms with E-state index in [-0.39, 0.29) is 18.0 Å². The largest absolute Gasteiger partial charge is 0.450 e. The molecule has 4 N–H and O–H groups in total. The molecule has 2 heterocycles. The van der Waals surface area contributed by atoms with Crippen molar-refractivity contribution in [3.05, 3.63) is 77.7 Å². The van der Waals surface area contributed by atoms with Crippen molar-refractivity contribution in [2.75, 3.05) is 17.1 Å². The fraction of sp³-hybridized carbons (Fsp3) is 0.208. The van der Waals surface area contributed by atoms with E-state index in [9.17, 15) is 13.2 Å². The molecule has 0 aliphatic rings. The summed E-state index contributed by atoms with van der Waals surface area (Å²) in [5.74, 6) is 0.291. The van der Waals surface area contributed by atoms with E-state index in [1.165, 1.54) is 12.1 Å². The van der Waals surface area contributed by atoms with Crippen LogP contribution in [0.1, 0.15) is 18.4 Å². The molecule has 0 fully saturated rings. The number of rotatable bonds is 10. The van der Waals surface area contributed by atoms with E-state index in [2.05, 4.69) is 20.0 Å². The number of aryl methyl sites for hydroxylation is 1. The third kappa shape index (κ3) is 6.43. The zero-order chi connectivity index (χ0) is 25.5. The van der Waals surface area contributed by atoms with Gasteiger partial charge in [0.15, 0.2) is 5.82 Å². The molecule has 36 heavy (non-hydrogen) atoms. The van der Waals surface area contributed by atoms with Crippen LogP contribution in [0.3, 0.4) is 0 Å². The van der Waals surface area contributed by atoms with Crippen molar-refractivity contribution >= 4 is 50.3 Å². The highest BCUT2D eigenvalue weighted by atomic mass is 35.5. The maximum absolute atomic E-state index is 12.4. The zero-order valence-corrected chi connectivity index (χ0v) is 20.8. The van der Waals surface area contributed by atoms with Crippen molar-refractivity contribution in [1.29, 1.82) is 0 Å². The van der Waals surface area contributed by atoms with E-state index in [0.29, 0.717) is 35.1 Å². The minimum absolute atomic E-state index is 0.184. The number of anilines is 2. The lowest BCUT2D eigenvalue weighted by Crippen LogP contribution is -2.24. The second-order valence-electron chi connectivity index (χ2n) is 7.95. The number of hydrogen-bond acceptors (Lipinski definition) is 7. The molecule has 0 aliphatic heterocycles. The molecule has 0 saturated carbocycles. The van der Waals surface area contributed by atoms with Gasteiger partial charge in [-0.25, -0.2) is 23.2 Å². The SMILES string of the molecule is Nc1nc(Cl)cc2c1ncn2CCCCOC(=O)NCc1ccc(NS(=O)(=O)c2ccccc2)cc1. The second-order valence-corrected chi connectivity index (χ2v) is 10.0. The fourth-order valence-corrected chi connectivity index (χ4v) is 4.78. The van der Waals surface area contributed by atoms with Crippen LogP contribution in [-0.2, 0) is 27.8 Å². The summed E-state index contributed by atoms with van der Waals surface area (Å²) < 4.78 is 34.5. The molecule has 1 amide bonds. The monoisotopic (exact) mass is 528 g/mol. The van der Waals surface area contributed by atoms with Crippen LogP contribution in [0.25, 0.3) is 11.0 Å². The average molecular weight is 529 g/mol. The number of nitrogens with one attached hydrogen (secondary N) is 2. The third-order valence-electron chi connectivity index (χ3n) is 5.33. The summed E-state index contributed by atoms with van der Waals surface area (Å²) in [5.41, 5.74) is 8.49. The molecule has 4 rings (SSSR count). The smallest absolute Gasteiger partial charge is 0.407 e. The number of nitrogens with two attached hydrogens (primary N) is 1. The first-order valence-corrected chi connectivity index (χ1v) is 13.0. The Balaban J connectivity index is 1.17. The Morgan fingerprint density at radius 1 is 1.08 bits per heavy atom. The summed E-state index contributed by atoms with van der Waals surface area (Å²) in [7, 11) is -3.66. The number of fused-ring (bicyclic) bond motifs is 1. The first kappa shape index (κ1) is 25.3. The summed E-state index contributed by atoms with van der Waals surface area (Å²) in [5, 5.41) is 2.99. The van der Waals surface area contributed by atoms with Crippen LogP contribution < -0.4 is 15.8 Å². The highest BCUT2D eigenvalue weighted by Crippen LogP contribution is 2.22. The van der Waals surface area contributed by atoms with Gasteiger partial charge in [0, 0.05) is 24.8 Å². The van der Waals surface area contributed by atoms with Crippen LogP contribution in [0.4, 0.5) is 16.3 Å². The predicted molar refractivity (Wildman–Crippen MR) is 138 cm³/mol. The van der Waals surface area contributed by atoms with Gasteiger partial charge in [-0.2, -0.15) is 0 Å². The first-order valence-electron chi connectivity index (χ1n) is 11.2. The van der Waals surface area contributed by atoms with Crippen LogP contribution >= 0.6 is 11.6 Å². The van der Waals surface area contributed by atoms with Crippen LogP contribution in [0.5, 0.6) is 0 Å². The Hall–Kier alpha value is -3.83. The number of hydrogen-bond donors (Lipinski definition) is 3. The Morgan fingerprint density at radius 2 is 1.83 bits per heavy atom. The quantitative estimate of drug-likeness (QED) is 0.207. The Bertz CT molecular complexity index is 1440. The number of pyridine rings is 1. The number of sulfonamides is 1. The van der Waals surface area contributed by atoms with E-state index in [4.69, 9.17) is 22.1 Å². The van der Waals surface area contributed by atoms with Gasteiger partial charge >= 0.3 is 6.09 Å². The molecule has 0 unspecified atom stereocenters. The third-order valence-corrected chi connectivity index (χ3v) is 6.92. The molecule has 0 spiro atoms. The molecule has 10 nitrogen and oxygen atoms in total. The Labute approximate surface area is 213 Å². The number of aromatic nitrogens is 3.